The van der Waals surface area contributed by atoms with Crippen molar-refractivity contribution < 1.29 is 18.7 Å². The van der Waals surface area contributed by atoms with Crippen LogP contribution in [0.2, 0.25) is 0 Å². The summed E-state index contributed by atoms with van der Waals surface area (Å²) in [6.45, 7) is -0.396. The fourth-order valence-corrected chi connectivity index (χ4v) is 3.01. The Hall–Kier alpha value is -3.20. The van der Waals surface area contributed by atoms with Crippen molar-refractivity contribution >= 4 is 23.2 Å². The first-order valence-electron chi connectivity index (χ1n) is 8.08. The number of amides is 1. The normalized spacial score (nSPS) is 10.6. The molecule has 3 rings (SSSR count). The summed E-state index contributed by atoms with van der Waals surface area (Å²) >= 11 is 1.54. The molecule has 2 heterocycles. The minimum atomic E-state index is -0.771. The van der Waals surface area contributed by atoms with Gasteiger partial charge < -0.3 is 14.1 Å². The molecule has 0 saturated carbocycles. The van der Waals surface area contributed by atoms with Gasteiger partial charge in [-0.2, -0.15) is 4.68 Å². The summed E-state index contributed by atoms with van der Waals surface area (Å²) in [5.41, 5.74) is 0.618. The molecule has 3 aromatic rings. The van der Waals surface area contributed by atoms with Gasteiger partial charge in [0.2, 0.25) is 5.89 Å². The highest BCUT2D eigenvalue weighted by Crippen LogP contribution is 2.14. The molecule has 0 unspecified atom stereocenters. The molecular weight excluding hydrogens is 370 g/mol. The Kier molecular flexibility index (Phi) is 5.82. The summed E-state index contributed by atoms with van der Waals surface area (Å²) in [6, 6.07) is 12.7. The van der Waals surface area contributed by atoms with Gasteiger partial charge in [-0.25, -0.2) is 4.79 Å². The van der Waals surface area contributed by atoms with Crippen LogP contribution < -0.4 is 5.76 Å². The number of esters is 1. The zero-order valence-electron chi connectivity index (χ0n) is 14.5. The molecule has 0 saturated heterocycles. The Labute approximate surface area is 158 Å². The van der Waals surface area contributed by atoms with Crippen molar-refractivity contribution in [1.82, 2.24) is 14.7 Å². The third-order valence-corrected chi connectivity index (χ3v) is 4.52. The molecular formula is C18H17N3O5S. The average molecular weight is 387 g/mol. The predicted octanol–water partition coefficient (Wildman–Crippen LogP) is 1.77. The van der Waals surface area contributed by atoms with E-state index < -0.39 is 24.9 Å². The highest BCUT2D eigenvalue weighted by Gasteiger charge is 2.16. The van der Waals surface area contributed by atoms with E-state index in [4.69, 9.17) is 9.15 Å². The van der Waals surface area contributed by atoms with Crippen LogP contribution in [0.4, 0.5) is 0 Å². The minimum absolute atomic E-state index is 0.111. The number of rotatable bonds is 7. The van der Waals surface area contributed by atoms with Gasteiger partial charge in [0, 0.05) is 17.5 Å². The van der Waals surface area contributed by atoms with Crippen molar-refractivity contribution in [1.29, 1.82) is 0 Å². The van der Waals surface area contributed by atoms with Crippen LogP contribution in [0.3, 0.4) is 0 Å². The zero-order valence-corrected chi connectivity index (χ0v) is 15.3. The third kappa shape index (κ3) is 4.91. The molecule has 0 aliphatic carbocycles. The van der Waals surface area contributed by atoms with Gasteiger partial charge in [0.25, 0.3) is 5.91 Å². The van der Waals surface area contributed by atoms with Crippen molar-refractivity contribution in [2.24, 2.45) is 0 Å². The van der Waals surface area contributed by atoms with E-state index in [-0.39, 0.29) is 11.8 Å². The first-order valence-corrected chi connectivity index (χ1v) is 8.96. The molecule has 8 nitrogen and oxygen atoms in total. The molecule has 9 heteroatoms. The lowest BCUT2D eigenvalue weighted by atomic mass is 10.2. The van der Waals surface area contributed by atoms with Crippen LogP contribution in [0.5, 0.6) is 0 Å². The Balaban J connectivity index is 1.53. The quantitative estimate of drug-likeness (QED) is 0.574. The largest absolute Gasteiger partial charge is 0.454 e. The van der Waals surface area contributed by atoms with E-state index in [9.17, 15) is 14.4 Å². The predicted molar refractivity (Wildman–Crippen MR) is 98.0 cm³/mol. The molecule has 0 bridgehead atoms. The molecule has 0 spiro atoms. The van der Waals surface area contributed by atoms with Gasteiger partial charge in [-0.05, 0) is 23.6 Å². The Morgan fingerprint density at radius 2 is 2.00 bits per heavy atom. The van der Waals surface area contributed by atoms with Crippen molar-refractivity contribution in [2.45, 2.75) is 13.1 Å². The van der Waals surface area contributed by atoms with Gasteiger partial charge in [-0.15, -0.1) is 16.4 Å². The van der Waals surface area contributed by atoms with E-state index in [1.54, 1.807) is 31.3 Å². The summed E-state index contributed by atoms with van der Waals surface area (Å²) in [7, 11) is 1.63. The molecule has 2 aromatic heterocycles. The molecule has 0 atom stereocenters. The fourth-order valence-electron chi connectivity index (χ4n) is 2.25. The molecule has 0 aliphatic rings. The standard InChI is InChI=1S/C18H17N3O5S/c1-20(10-14-8-5-9-27-14)15(22)12-25-16(23)11-21-18(24)26-17(19-21)13-6-3-2-4-7-13/h2-9H,10-12H2,1H3. The Morgan fingerprint density at radius 3 is 2.70 bits per heavy atom. The maximum Gasteiger partial charge on any atom is 0.437 e. The molecule has 0 radical (unpaired) electrons. The van der Waals surface area contributed by atoms with E-state index in [0.29, 0.717) is 12.1 Å². The second-order valence-corrected chi connectivity index (χ2v) is 6.72. The number of ether oxygens (including phenoxy) is 1. The fraction of sp³-hybridized carbons (Fsp3) is 0.222. The molecule has 1 amide bonds. The lowest BCUT2D eigenvalue weighted by Gasteiger charge is -2.16. The average Bonchev–Trinajstić information content (AvgIpc) is 3.30. The second-order valence-electron chi connectivity index (χ2n) is 5.69. The number of carbonyl (C=O) groups is 2. The number of nitrogens with zero attached hydrogens (tertiary/aromatic N) is 3. The summed E-state index contributed by atoms with van der Waals surface area (Å²) in [4.78, 5) is 38.3. The summed E-state index contributed by atoms with van der Waals surface area (Å²) in [5.74, 6) is -1.75. The van der Waals surface area contributed by atoms with E-state index in [1.807, 2.05) is 23.6 Å². The van der Waals surface area contributed by atoms with Crippen molar-refractivity contribution in [3.8, 4) is 11.5 Å². The number of aromatic nitrogens is 2. The van der Waals surface area contributed by atoms with Crippen LogP contribution in [-0.2, 0) is 27.4 Å². The minimum Gasteiger partial charge on any atom is -0.454 e. The van der Waals surface area contributed by atoms with Crippen molar-refractivity contribution in [3.05, 3.63) is 63.3 Å². The van der Waals surface area contributed by atoms with Gasteiger partial charge in [0.15, 0.2) is 6.61 Å². The number of thiophene rings is 1. The molecule has 0 fully saturated rings. The summed E-state index contributed by atoms with van der Waals surface area (Å²) in [5, 5.41) is 5.90. The molecule has 0 aliphatic heterocycles. The lowest BCUT2D eigenvalue weighted by Crippen LogP contribution is -2.32. The topological polar surface area (TPSA) is 94.6 Å². The van der Waals surface area contributed by atoms with E-state index in [1.165, 1.54) is 16.2 Å². The maximum atomic E-state index is 12.0. The van der Waals surface area contributed by atoms with Gasteiger partial charge in [0.1, 0.15) is 6.54 Å². The summed E-state index contributed by atoms with van der Waals surface area (Å²) in [6.07, 6.45) is 0. The number of likely N-dealkylation sites (N-methyl/N-ethyl adjacent to an activating group) is 1. The van der Waals surface area contributed by atoms with Gasteiger partial charge in [-0.1, -0.05) is 24.3 Å². The van der Waals surface area contributed by atoms with E-state index in [2.05, 4.69) is 5.10 Å². The first kappa shape index (κ1) is 18.6. The van der Waals surface area contributed by atoms with Crippen LogP contribution in [0.25, 0.3) is 11.5 Å². The smallest absolute Gasteiger partial charge is 0.437 e. The van der Waals surface area contributed by atoms with Crippen LogP contribution in [-0.4, -0.2) is 40.2 Å². The van der Waals surface area contributed by atoms with Crippen LogP contribution in [0.15, 0.2) is 57.1 Å². The van der Waals surface area contributed by atoms with Gasteiger partial charge in [0.05, 0.1) is 6.54 Å². The van der Waals surface area contributed by atoms with E-state index in [0.717, 1.165) is 9.56 Å². The van der Waals surface area contributed by atoms with Crippen molar-refractivity contribution in [3.63, 3.8) is 0 Å². The maximum absolute atomic E-state index is 12.0. The first-order chi connectivity index (χ1) is 13.0. The van der Waals surface area contributed by atoms with Crippen molar-refractivity contribution in [2.75, 3.05) is 13.7 Å². The van der Waals surface area contributed by atoms with Crippen LogP contribution in [0.1, 0.15) is 4.88 Å². The number of carbonyl (C=O) groups excluding carboxylic acids is 2. The second kappa shape index (κ2) is 8.45. The zero-order chi connectivity index (χ0) is 19.2. The molecule has 1 aromatic carbocycles. The molecule has 140 valence electrons. The Bertz CT molecular complexity index is 963. The SMILES string of the molecule is CN(Cc1cccs1)C(=O)COC(=O)Cn1nc(-c2ccccc2)oc1=O. The van der Waals surface area contributed by atoms with Crippen LogP contribution in [0, 0.1) is 0 Å². The number of hydrogen-bond acceptors (Lipinski definition) is 7. The van der Waals surface area contributed by atoms with Crippen LogP contribution >= 0.6 is 11.3 Å². The summed E-state index contributed by atoms with van der Waals surface area (Å²) < 4.78 is 10.9. The third-order valence-electron chi connectivity index (χ3n) is 3.66. The number of hydrogen-bond donors (Lipinski definition) is 0. The number of benzene rings is 1. The van der Waals surface area contributed by atoms with E-state index >= 15 is 0 Å². The highest BCUT2D eigenvalue weighted by atomic mass is 32.1. The monoisotopic (exact) mass is 387 g/mol. The molecule has 27 heavy (non-hydrogen) atoms. The lowest BCUT2D eigenvalue weighted by molar-refractivity contribution is -0.152. The highest BCUT2D eigenvalue weighted by molar-refractivity contribution is 7.09. The van der Waals surface area contributed by atoms with Gasteiger partial charge in [-0.3, -0.25) is 9.59 Å². The molecule has 0 N–H and O–H groups in total. The Morgan fingerprint density at radius 1 is 1.22 bits per heavy atom. The van der Waals surface area contributed by atoms with Gasteiger partial charge >= 0.3 is 11.7 Å².